The molecule has 1 saturated heterocycles. The molecule has 182 valence electrons. The number of oxazole rings is 1. The molecule has 4 aromatic rings. The zero-order valence-electron chi connectivity index (χ0n) is 19.1. The molecule has 0 amide bonds. The summed E-state index contributed by atoms with van der Waals surface area (Å²) in [6, 6.07) is 8.90. The summed E-state index contributed by atoms with van der Waals surface area (Å²) in [5.41, 5.74) is 3.37. The summed E-state index contributed by atoms with van der Waals surface area (Å²) in [4.78, 5) is 29.5. The first-order valence-electron chi connectivity index (χ1n) is 10.9. The summed E-state index contributed by atoms with van der Waals surface area (Å²) in [6.45, 7) is 3.19. The van der Waals surface area contributed by atoms with Crippen molar-refractivity contribution >= 4 is 50.1 Å². The molecule has 1 aliphatic rings. The van der Waals surface area contributed by atoms with Crippen LogP contribution in [-0.4, -0.2) is 53.7 Å². The van der Waals surface area contributed by atoms with Crippen LogP contribution < -0.4 is 26.0 Å². The van der Waals surface area contributed by atoms with Crippen molar-refractivity contribution in [2.24, 2.45) is 0 Å². The second-order valence-corrected chi connectivity index (χ2v) is 10.2. The number of H-pyrrole nitrogens is 1. The van der Waals surface area contributed by atoms with E-state index in [4.69, 9.17) is 4.42 Å². The summed E-state index contributed by atoms with van der Waals surface area (Å²) in [7, 11) is -3.23. The number of nitrogens with zero attached hydrogens (tertiary/aromatic N) is 4. The van der Waals surface area contributed by atoms with Gasteiger partial charge in [-0.25, -0.2) is 27.9 Å². The van der Waals surface area contributed by atoms with Crippen LogP contribution in [0.25, 0.3) is 11.1 Å². The van der Waals surface area contributed by atoms with E-state index in [2.05, 4.69) is 35.3 Å². The normalized spacial score (nSPS) is 16.1. The van der Waals surface area contributed by atoms with Crippen LogP contribution in [0.3, 0.4) is 0 Å². The lowest BCUT2D eigenvalue weighted by Gasteiger charge is -2.18. The number of fused-ring (bicyclic) bond motifs is 1. The van der Waals surface area contributed by atoms with Crippen LogP contribution in [0.4, 0.5) is 29.0 Å². The van der Waals surface area contributed by atoms with Gasteiger partial charge in [0.2, 0.25) is 16.0 Å². The molecule has 1 unspecified atom stereocenters. The highest BCUT2D eigenvalue weighted by molar-refractivity contribution is 7.88. The quantitative estimate of drug-likeness (QED) is 0.299. The van der Waals surface area contributed by atoms with Crippen LogP contribution in [-0.2, 0) is 10.0 Å². The van der Waals surface area contributed by atoms with E-state index in [1.54, 1.807) is 30.6 Å². The lowest BCUT2D eigenvalue weighted by Crippen LogP contribution is -2.36. The second-order valence-electron chi connectivity index (χ2n) is 8.43. The number of anilines is 5. The van der Waals surface area contributed by atoms with E-state index in [-0.39, 0.29) is 6.04 Å². The van der Waals surface area contributed by atoms with Gasteiger partial charge in [-0.1, -0.05) is 0 Å². The number of aromatic amines is 1. The molecular weight excluding hydrogens is 472 g/mol. The monoisotopic (exact) mass is 496 g/mol. The number of rotatable bonds is 7. The first-order valence-corrected chi connectivity index (χ1v) is 12.8. The van der Waals surface area contributed by atoms with E-state index in [1.165, 1.54) is 6.26 Å². The van der Waals surface area contributed by atoms with E-state index in [1.807, 2.05) is 24.0 Å². The number of pyridine rings is 1. The Morgan fingerprint density at radius 2 is 1.94 bits per heavy atom. The highest BCUT2D eigenvalue weighted by atomic mass is 32.2. The number of aromatic nitrogens is 4. The van der Waals surface area contributed by atoms with Gasteiger partial charge in [0, 0.05) is 36.6 Å². The highest BCUT2D eigenvalue weighted by Gasteiger charge is 2.25. The average Bonchev–Trinajstić information content (AvgIpc) is 3.40. The zero-order chi connectivity index (χ0) is 24.6. The molecule has 1 atom stereocenters. The van der Waals surface area contributed by atoms with E-state index in [9.17, 15) is 13.2 Å². The lowest BCUT2D eigenvalue weighted by atomic mass is 10.2. The van der Waals surface area contributed by atoms with Gasteiger partial charge < -0.3 is 20.0 Å². The fourth-order valence-corrected chi connectivity index (χ4v) is 4.74. The molecule has 4 heterocycles. The van der Waals surface area contributed by atoms with E-state index in [0.717, 1.165) is 30.0 Å². The maximum Gasteiger partial charge on any atom is 0.417 e. The van der Waals surface area contributed by atoms with Crippen LogP contribution in [0.5, 0.6) is 0 Å². The summed E-state index contributed by atoms with van der Waals surface area (Å²) in [6.07, 6.45) is 5.29. The molecule has 35 heavy (non-hydrogen) atoms. The maximum absolute atomic E-state index is 11.5. The predicted octanol–water partition coefficient (Wildman–Crippen LogP) is 2.23. The Morgan fingerprint density at radius 3 is 2.71 bits per heavy atom. The predicted molar refractivity (Wildman–Crippen MR) is 133 cm³/mol. The fraction of sp³-hybridized carbons (Fsp3) is 0.273. The minimum Gasteiger partial charge on any atom is -0.408 e. The molecule has 4 N–H and O–H groups in total. The summed E-state index contributed by atoms with van der Waals surface area (Å²) in [5.74, 6) is 1.27. The van der Waals surface area contributed by atoms with Crippen LogP contribution in [0.15, 0.2) is 51.9 Å². The number of nitrogens with one attached hydrogen (secondary N) is 4. The van der Waals surface area contributed by atoms with Gasteiger partial charge in [-0.15, -0.1) is 0 Å². The van der Waals surface area contributed by atoms with Crippen molar-refractivity contribution in [1.82, 2.24) is 24.7 Å². The number of aryl methyl sites for hydroxylation is 1. The highest BCUT2D eigenvalue weighted by Crippen LogP contribution is 2.24. The van der Waals surface area contributed by atoms with E-state index >= 15 is 0 Å². The van der Waals surface area contributed by atoms with Gasteiger partial charge in [0.25, 0.3) is 0 Å². The molecule has 0 saturated carbocycles. The van der Waals surface area contributed by atoms with Crippen LogP contribution >= 0.6 is 0 Å². The summed E-state index contributed by atoms with van der Waals surface area (Å²) in [5, 5.41) is 6.39. The molecule has 12 nitrogen and oxygen atoms in total. The third kappa shape index (κ3) is 5.41. The molecule has 0 spiro atoms. The Hall–Kier alpha value is -3.97. The fourth-order valence-electron chi connectivity index (χ4n) is 3.94. The molecule has 3 aromatic heterocycles. The minimum absolute atomic E-state index is 0.119. The average molecular weight is 497 g/mol. The molecular formula is C22H24N8O4S. The van der Waals surface area contributed by atoms with Crippen LogP contribution in [0, 0.1) is 6.92 Å². The van der Waals surface area contributed by atoms with Gasteiger partial charge in [0.05, 0.1) is 23.7 Å². The number of sulfonamides is 1. The first-order chi connectivity index (χ1) is 16.7. The molecule has 1 aliphatic heterocycles. The Morgan fingerprint density at radius 1 is 1.11 bits per heavy atom. The van der Waals surface area contributed by atoms with Gasteiger partial charge in [0.1, 0.15) is 11.6 Å². The van der Waals surface area contributed by atoms with Crippen molar-refractivity contribution in [3.8, 4) is 0 Å². The van der Waals surface area contributed by atoms with Crippen molar-refractivity contribution in [1.29, 1.82) is 0 Å². The van der Waals surface area contributed by atoms with Crippen molar-refractivity contribution in [3.05, 3.63) is 58.8 Å². The van der Waals surface area contributed by atoms with Crippen LogP contribution in [0.2, 0.25) is 0 Å². The molecule has 0 bridgehead atoms. The smallest absolute Gasteiger partial charge is 0.408 e. The standard InChI is InChI=1S/C22H24N8O4S/c1-13-10-24-21(28-20(13)25-14-3-5-18-17(9-14)27-22(31)34-18)26-15-4-6-19(23-11-15)30-8-7-16(12-30)29-35(2,32)33/h3-6,9-11,16,29H,7-8,12H2,1-2H3,(H,27,31)(H2,24,25,26,28). The van der Waals surface area contributed by atoms with Crippen molar-refractivity contribution in [2.45, 2.75) is 19.4 Å². The van der Waals surface area contributed by atoms with Crippen LogP contribution in [0.1, 0.15) is 12.0 Å². The molecule has 5 rings (SSSR count). The number of hydrogen-bond acceptors (Lipinski definition) is 10. The van der Waals surface area contributed by atoms with Gasteiger partial charge in [-0.2, -0.15) is 4.98 Å². The lowest BCUT2D eigenvalue weighted by molar-refractivity contribution is 0.555. The Bertz CT molecular complexity index is 1530. The third-order valence-electron chi connectivity index (χ3n) is 5.55. The van der Waals surface area contributed by atoms with Gasteiger partial charge in [-0.05, 0) is 43.7 Å². The van der Waals surface area contributed by atoms with Crippen molar-refractivity contribution in [3.63, 3.8) is 0 Å². The molecule has 0 aliphatic carbocycles. The topological polar surface area (TPSA) is 158 Å². The Balaban J connectivity index is 1.26. The third-order valence-corrected chi connectivity index (χ3v) is 6.31. The summed E-state index contributed by atoms with van der Waals surface area (Å²) >= 11 is 0. The molecule has 1 aromatic carbocycles. The maximum atomic E-state index is 11.5. The van der Waals surface area contributed by atoms with E-state index < -0.39 is 15.8 Å². The van der Waals surface area contributed by atoms with Gasteiger partial charge in [-0.3, -0.25) is 4.98 Å². The Kier molecular flexibility index (Phi) is 5.86. The van der Waals surface area contributed by atoms with Crippen molar-refractivity contribution in [2.75, 3.05) is 34.9 Å². The molecule has 13 heteroatoms. The number of hydrogen-bond donors (Lipinski definition) is 4. The summed E-state index contributed by atoms with van der Waals surface area (Å²) < 4.78 is 30.6. The molecule has 1 fully saturated rings. The van der Waals surface area contributed by atoms with Crippen molar-refractivity contribution < 1.29 is 12.8 Å². The largest absolute Gasteiger partial charge is 0.417 e. The minimum atomic E-state index is -3.23. The molecule has 0 radical (unpaired) electrons. The van der Waals surface area contributed by atoms with Gasteiger partial charge in [0.15, 0.2) is 5.58 Å². The van der Waals surface area contributed by atoms with Gasteiger partial charge >= 0.3 is 5.76 Å². The first kappa shape index (κ1) is 22.8. The van der Waals surface area contributed by atoms with E-state index in [0.29, 0.717) is 35.1 Å². The Labute approximate surface area is 200 Å². The second kappa shape index (κ2) is 9.00. The SMILES string of the molecule is Cc1cnc(Nc2ccc(N3CCC(NS(C)(=O)=O)C3)nc2)nc1Nc1ccc2oc(=O)[nH]c2c1. The zero-order valence-corrected chi connectivity index (χ0v) is 19.9. The number of benzene rings is 1.